The number of carbonyl (C=O) groups is 1. The Bertz CT molecular complexity index is 798. The van der Waals surface area contributed by atoms with Crippen LogP contribution in [0, 0.1) is 6.92 Å². The van der Waals surface area contributed by atoms with Gasteiger partial charge in [-0.3, -0.25) is 4.79 Å². The van der Waals surface area contributed by atoms with Crippen molar-refractivity contribution in [2.75, 3.05) is 6.54 Å². The Morgan fingerprint density at radius 1 is 1.24 bits per heavy atom. The molecule has 1 aliphatic rings. The third-order valence-corrected chi connectivity index (χ3v) is 4.73. The fourth-order valence-corrected chi connectivity index (χ4v) is 3.25. The third-order valence-electron chi connectivity index (χ3n) is 4.73. The molecule has 4 nitrogen and oxygen atoms in total. The quantitative estimate of drug-likeness (QED) is 0.901. The van der Waals surface area contributed by atoms with Crippen molar-refractivity contribution < 1.29 is 23.1 Å². The Labute approximate surface area is 143 Å². The first-order valence-corrected chi connectivity index (χ1v) is 7.97. The molecule has 0 radical (unpaired) electrons. The predicted octanol–water partition coefficient (Wildman–Crippen LogP) is 3.30. The van der Waals surface area contributed by atoms with E-state index < -0.39 is 23.9 Å². The van der Waals surface area contributed by atoms with Gasteiger partial charge in [-0.2, -0.15) is 13.2 Å². The first-order chi connectivity index (χ1) is 11.7. The lowest BCUT2D eigenvalue weighted by Crippen LogP contribution is -2.33. The van der Waals surface area contributed by atoms with Gasteiger partial charge >= 0.3 is 6.18 Å². The van der Waals surface area contributed by atoms with Crippen LogP contribution in [0.5, 0.6) is 0 Å². The average molecular weight is 352 g/mol. The van der Waals surface area contributed by atoms with E-state index in [9.17, 15) is 23.1 Å². The van der Waals surface area contributed by atoms with Crippen LogP contribution in [0.4, 0.5) is 13.2 Å². The maximum Gasteiger partial charge on any atom is 0.416 e. The van der Waals surface area contributed by atoms with Gasteiger partial charge in [0.15, 0.2) is 0 Å². The van der Waals surface area contributed by atoms with Crippen molar-refractivity contribution in [3.63, 3.8) is 0 Å². The maximum atomic E-state index is 13.0. The van der Waals surface area contributed by atoms with E-state index in [0.717, 1.165) is 17.8 Å². The molecule has 2 heterocycles. The molecule has 2 atom stereocenters. The fourth-order valence-electron chi connectivity index (χ4n) is 3.25. The SMILES string of the molecule is Cc1ccc(C(=O)N2C[C@H](O)C[C@@H]2c2cccc(C(F)(F)F)c2)n1C. The molecule has 3 rings (SSSR count). The highest BCUT2D eigenvalue weighted by molar-refractivity contribution is 5.93. The smallest absolute Gasteiger partial charge is 0.391 e. The summed E-state index contributed by atoms with van der Waals surface area (Å²) in [6.45, 7) is 1.96. The van der Waals surface area contributed by atoms with Gasteiger partial charge in [0.2, 0.25) is 0 Å². The molecule has 1 N–H and O–H groups in total. The summed E-state index contributed by atoms with van der Waals surface area (Å²) in [6.07, 6.45) is -4.99. The second kappa shape index (κ2) is 6.22. The van der Waals surface area contributed by atoms with Crippen LogP contribution in [0.3, 0.4) is 0 Å². The molecule has 25 heavy (non-hydrogen) atoms. The molecule has 1 aromatic heterocycles. The topological polar surface area (TPSA) is 45.5 Å². The van der Waals surface area contributed by atoms with E-state index in [-0.39, 0.29) is 18.9 Å². The number of halogens is 3. The number of carbonyl (C=O) groups excluding carboxylic acids is 1. The van der Waals surface area contributed by atoms with Crippen molar-refractivity contribution in [3.05, 3.63) is 58.9 Å². The van der Waals surface area contributed by atoms with Crippen molar-refractivity contribution in [2.45, 2.75) is 31.7 Å². The van der Waals surface area contributed by atoms with Crippen LogP contribution in [0.2, 0.25) is 0 Å². The van der Waals surface area contributed by atoms with Gasteiger partial charge in [0.25, 0.3) is 5.91 Å². The van der Waals surface area contributed by atoms with Crippen LogP contribution in [-0.2, 0) is 13.2 Å². The number of alkyl halides is 3. The summed E-state index contributed by atoms with van der Waals surface area (Å²) in [4.78, 5) is 14.3. The Balaban J connectivity index is 1.95. The second-order valence-corrected chi connectivity index (χ2v) is 6.41. The summed E-state index contributed by atoms with van der Waals surface area (Å²) < 4.78 is 40.7. The van der Waals surface area contributed by atoms with Crippen molar-refractivity contribution in [2.24, 2.45) is 7.05 Å². The molecule has 2 aromatic rings. The molecule has 1 aliphatic heterocycles. The van der Waals surface area contributed by atoms with E-state index in [1.807, 2.05) is 6.92 Å². The number of likely N-dealkylation sites (tertiary alicyclic amines) is 1. The van der Waals surface area contributed by atoms with Gasteiger partial charge in [0.1, 0.15) is 5.69 Å². The third kappa shape index (κ3) is 3.28. The van der Waals surface area contributed by atoms with Crippen LogP contribution >= 0.6 is 0 Å². The number of rotatable bonds is 2. The number of aromatic nitrogens is 1. The average Bonchev–Trinajstić information content (AvgIpc) is 3.10. The lowest BCUT2D eigenvalue weighted by Gasteiger charge is -2.25. The highest BCUT2D eigenvalue weighted by atomic mass is 19.4. The summed E-state index contributed by atoms with van der Waals surface area (Å²) in [5.74, 6) is -0.297. The van der Waals surface area contributed by atoms with Gasteiger partial charge in [-0.15, -0.1) is 0 Å². The van der Waals surface area contributed by atoms with E-state index in [1.165, 1.54) is 11.0 Å². The zero-order valence-electron chi connectivity index (χ0n) is 13.9. The minimum Gasteiger partial charge on any atom is -0.391 e. The van der Waals surface area contributed by atoms with Crippen LogP contribution in [0.25, 0.3) is 0 Å². The molecule has 1 aromatic carbocycles. The number of hydrogen-bond acceptors (Lipinski definition) is 2. The zero-order chi connectivity index (χ0) is 18.4. The molecule has 0 bridgehead atoms. The highest BCUT2D eigenvalue weighted by Gasteiger charge is 2.38. The summed E-state index contributed by atoms with van der Waals surface area (Å²) in [5, 5.41) is 10.0. The van der Waals surface area contributed by atoms with E-state index >= 15 is 0 Å². The van der Waals surface area contributed by atoms with Crippen molar-refractivity contribution >= 4 is 5.91 Å². The van der Waals surface area contributed by atoms with Crippen molar-refractivity contribution in [3.8, 4) is 0 Å². The van der Waals surface area contributed by atoms with Gasteiger partial charge in [-0.25, -0.2) is 0 Å². The molecule has 134 valence electrons. The first-order valence-electron chi connectivity index (χ1n) is 7.97. The largest absolute Gasteiger partial charge is 0.416 e. The number of benzene rings is 1. The number of nitrogens with zero attached hydrogens (tertiary/aromatic N) is 2. The van der Waals surface area contributed by atoms with Crippen LogP contribution in [0.15, 0.2) is 36.4 Å². The van der Waals surface area contributed by atoms with Gasteiger partial charge in [0, 0.05) is 19.3 Å². The van der Waals surface area contributed by atoms with Crippen LogP contribution in [-0.4, -0.2) is 33.1 Å². The van der Waals surface area contributed by atoms with E-state index in [2.05, 4.69) is 0 Å². The van der Waals surface area contributed by atoms with Crippen LogP contribution in [0.1, 0.15) is 39.8 Å². The zero-order valence-corrected chi connectivity index (χ0v) is 13.9. The van der Waals surface area contributed by atoms with Gasteiger partial charge in [-0.05, 0) is 43.2 Å². The summed E-state index contributed by atoms with van der Waals surface area (Å²) >= 11 is 0. The van der Waals surface area contributed by atoms with E-state index in [1.54, 1.807) is 29.8 Å². The monoisotopic (exact) mass is 352 g/mol. The molecular weight excluding hydrogens is 333 g/mol. The number of aliphatic hydroxyl groups is 1. The highest BCUT2D eigenvalue weighted by Crippen LogP contribution is 2.36. The van der Waals surface area contributed by atoms with E-state index in [0.29, 0.717) is 11.3 Å². The Hall–Kier alpha value is -2.28. The minimum atomic E-state index is -4.45. The standard InChI is InChI=1S/C18H19F3N2O2/c1-11-6-7-15(22(11)2)17(25)23-10-14(24)9-16(23)12-4-3-5-13(8-12)18(19,20)21/h3-8,14,16,24H,9-10H2,1-2H3/t14-,16-/m1/s1. The molecular formula is C18H19F3N2O2. The van der Waals surface area contributed by atoms with Crippen molar-refractivity contribution in [1.82, 2.24) is 9.47 Å². The molecule has 0 aliphatic carbocycles. The number of aliphatic hydroxyl groups excluding tert-OH is 1. The number of amides is 1. The fraction of sp³-hybridized carbons (Fsp3) is 0.389. The molecule has 7 heteroatoms. The Kier molecular flexibility index (Phi) is 4.36. The minimum absolute atomic E-state index is 0.101. The number of β-amino-alcohol motifs (C(OH)–C–C–N with tert-alkyl or cyclic N) is 1. The second-order valence-electron chi connectivity index (χ2n) is 6.41. The summed E-state index contributed by atoms with van der Waals surface area (Å²) in [6, 6.07) is 7.86. The molecule has 0 spiro atoms. The summed E-state index contributed by atoms with van der Waals surface area (Å²) in [5.41, 5.74) is 0.974. The van der Waals surface area contributed by atoms with E-state index in [4.69, 9.17) is 0 Å². The van der Waals surface area contributed by atoms with Crippen LogP contribution < -0.4 is 0 Å². The van der Waals surface area contributed by atoms with Gasteiger partial charge < -0.3 is 14.6 Å². The maximum absolute atomic E-state index is 13.0. The molecule has 1 saturated heterocycles. The van der Waals surface area contributed by atoms with Gasteiger partial charge in [-0.1, -0.05) is 12.1 Å². The van der Waals surface area contributed by atoms with Gasteiger partial charge in [0.05, 0.1) is 17.7 Å². The normalized spacial score (nSPS) is 21.0. The Morgan fingerprint density at radius 3 is 2.56 bits per heavy atom. The molecule has 0 saturated carbocycles. The first kappa shape index (κ1) is 17.5. The molecule has 0 unspecified atom stereocenters. The lowest BCUT2D eigenvalue weighted by molar-refractivity contribution is -0.137. The Morgan fingerprint density at radius 2 is 1.96 bits per heavy atom. The molecule has 1 amide bonds. The summed E-state index contributed by atoms with van der Waals surface area (Å²) in [7, 11) is 1.76. The number of aryl methyl sites for hydroxylation is 1. The predicted molar refractivity (Wildman–Crippen MR) is 86.0 cm³/mol. The molecule has 1 fully saturated rings. The lowest BCUT2D eigenvalue weighted by atomic mass is 10.0. The number of hydrogen-bond donors (Lipinski definition) is 1. The van der Waals surface area contributed by atoms with Crippen molar-refractivity contribution in [1.29, 1.82) is 0 Å².